The van der Waals surface area contributed by atoms with Crippen molar-refractivity contribution in [2.75, 3.05) is 6.54 Å². The van der Waals surface area contributed by atoms with Crippen LogP contribution in [0, 0.1) is 5.92 Å². The summed E-state index contributed by atoms with van der Waals surface area (Å²) >= 11 is 1.59. The topological polar surface area (TPSA) is 65.5 Å². The molecule has 2 fully saturated rings. The van der Waals surface area contributed by atoms with Crippen molar-refractivity contribution in [3.63, 3.8) is 0 Å². The number of aliphatic hydroxyl groups is 1. The average molecular weight is 337 g/mol. The Morgan fingerprint density at radius 1 is 1.43 bits per heavy atom. The first-order valence-corrected chi connectivity index (χ1v) is 9.73. The zero-order chi connectivity index (χ0) is 16.2. The van der Waals surface area contributed by atoms with Gasteiger partial charge in [0.1, 0.15) is 5.01 Å². The van der Waals surface area contributed by atoms with Crippen LogP contribution in [0.1, 0.15) is 62.9 Å². The Morgan fingerprint density at radius 2 is 2.26 bits per heavy atom. The van der Waals surface area contributed by atoms with Gasteiger partial charge in [0.15, 0.2) is 0 Å². The fourth-order valence-electron chi connectivity index (χ4n) is 4.06. The lowest BCUT2D eigenvalue weighted by atomic mass is 9.80. The third-order valence-electron chi connectivity index (χ3n) is 5.29. The maximum atomic E-state index is 12.8. The van der Waals surface area contributed by atoms with E-state index in [1.54, 1.807) is 17.5 Å². The number of hydrogen-bond acceptors (Lipinski definition) is 4. The van der Waals surface area contributed by atoms with Crippen molar-refractivity contribution >= 4 is 17.4 Å². The van der Waals surface area contributed by atoms with Gasteiger partial charge in [-0.15, -0.1) is 11.3 Å². The molecule has 3 rings (SSSR count). The molecule has 4 atom stereocenters. The summed E-state index contributed by atoms with van der Waals surface area (Å²) in [7, 11) is 0. The minimum absolute atomic E-state index is 0.00678. The summed E-state index contributed by atoms with van der Waals surface area (Å²) in [6, 6.07) is 0.187. The predicted octanol–water partition coefficient (Wildman–Crippen LogP) is 3.32. The van der Waals surface area contributed by atoms with E-state index in [0.717, 1.165) is 50.1 Å². The Labute approximate surface area is 142 Å². The molecule has 1 aromatic rings. The number of thiazole rings is 1. The highest BCUT2D eigenvalue weighted by molar-refractivity contribution is 7.09. The molecule has 2 amide bonds. The second kappa shape index (κ2) is 7.62. The normalized spacial score (nSPS) is 29.5. The first-order chi connectivity index (χ1) is 11.2. The molecule has 2 heterocycles. The van der Waals surface area contributed by atoms with Gasteiger partial charge in [-0.2, -0.15) is 0 Å². The first-order valence-electron chi connectivity index (χ1n) is 8.85. The van der Waals surface area contributed by atoms with Gasteiger partial charge in [-0.05, 0) is 32.1 Å². The van der Waals surface area contributed by atoms with Crippen molar-refractivity contribution in [1.82, 2.24) is 15.2 Å². The molecule has 5 nitrogen and oxygen atoms in total. The standard InChI is InChI=1S/C17H27N3O2S/c1-2-13(16-18-9-11-23-16)19-17(22)20-10-5-7-14(20)12-6-3-4-8-15(12)21/h9,11-15,21H,2-8,10H2,1H3,(H,19,22)/t12-,13-,14+,15-/m0/s1. The van der Waals surface area contributed by atoms with Crippen LogP contribution in [0.5, 0.6) is 0 Å². The van der Waals surface area contributed by atoms with Gasteiger partial charge < -0.3 is 15.3 Å². The van der Waals surface area contributed by atoms with Gasteiger partial charge in [-0.25, -0.2) is 9.78 Å². The molecule has 1 saturated heterocycles. The van der Waals surface area contributed by atoms with Crippen molar-refractivity contribution in [3.05, 3.63) is 16.6 Å². The Morgan fingerprint density at radius 3 is 2.96 bits per heavy atom. The first kappa shape index (κ1) is 16.7. The number of rotatable bonds is 4. The summed E-state index contributed by atoms with van der Waals surface area (Å²) in [5.41, 5.74) is 0. The Balaban J connectivity index is 1.65. The van der Waals surface area contributed by atoms with E-state index >= 15 is 0 Å². The van der Waals surface area contributed by atoms with Crippen LogP contribution in [-0.4, -0.2) is 39.7 Å². The van der Waals surface area contributed by atoms with Gasteiger partial charge in [0.2, 0.25) is 0 Å². The molecule has 0 aromatic carbocycles. The zero-order valence-corrected chi connectivity index (χ0v) is 14.6. The van der Waals surface area contributed by atoms with Crippen LogP contribution in [0.4, 0.5) is 4.79 Å². The Kier molecular flexibility index (Phi) is 5.54. The molecular weight excluding hydrogens is 310 g/mol. The van der Waals surface area contributed by atoms with Gasteiger partial charge in [-0.3, -0.25) is 0 Å². The summed E-state index contributed by atoms with van der Waals surface area (Å²) in [5, 5.41) is 16.4. The largest absolute Gasteiger partial charge is 0.393 e. The lowest BCUT2D eigenvalue weighted by molar-refractivity contribution is 0.0304. The van der Waals surface area contributed by atoms with Crippen molar-refractivity contribution in [2.24, 2.45) is 5.92 Å². The van der Waals surface area contributed by atoms with Crippen molar-refractivity contribution < 1.29 is 9.90 Å². The van der Waals surface area contributed by atoms with Crippen LogP contribution in [0.2, 0.25) is 0 Å². The fourth-order valence-corrected chi connectivity index (χ4v) is 4.83. The smallest absolute Gasteiger partial charge is 0.318 e. The quantitative estimate of drug-likeness (QED) is 0.886. The van der Waals surface area contributed by atoms with Crippen LogP contribution >= 0.6 is 11.3 Å². The lowest BCUT2D eigenvalue weighted by Gasteiger charge is -2.37. The molecule has 0 radical (unpaired) electrons. The van der Waals surface area contributed by atoms with E-state index in [1.807, 2.05) is 10.3 Å². The third-order valence-corrected chi connectivity index (χ3v) is 6.18. The zero-order valence-electron chi connectivity index (χ0n) is 13.8. The SMILES string of the molecule is CC[C@H](NC(=O)N1CCC[C@@H]1[C@@H]1CCCC[C@@H]1O)c1nccs1. The van der Waals surface area contributed by atoms with Crippen molar-refractivity contribution in [1.29, 1.82) is 0 Å². The summed E-state index contributed by atoms with van der Waals surface area (Å²) in [6.07, 6.45) is 8.63. The van der Waals surface area contributed by atoms with Crippen LogP contribution in [-0.2, 0) is 0 Å². The molecule has 0 bridgehead atoms. The maximum Gasteiger partial charge on any atom is 0.318 e. The fraction of sp³-hybridized carbons (Fsp3) is 0.765. The molecule has 6 heteroatoms. The number of amides is 2. The van der Waals surface area contributed by atoms with Crippen LogP contribution in [0.3, 0.4) is 0 Å². The Hall–Kier alpha value is -1.14. The van der Waals surface area contributed by atoms with Gasteiger partial charge >= 0.3 is 6.03 Å². The third kappa shape index (κ3) is 3.69. The highest BCUT2D eigenvalue weighted by Gasteiger charge is 2.39. The van der Waals surface area contributed by atoms with Crippen LogP contribution in [0.15, 0.2) is 11.6 Å². The molecule has 128 valence electrons. The van der Waals surface area contributed by atoms with Crippen molar-refractivity contribution in [2.45, 2.75) is 70.1 Å². The van der Waals surface area contributed by atoms with Crippen LogP contribution in [0.25, 0.3) is 0 Å². The highest BCUT2D eigenvalue weighted by atomic mass is 32.1. The summed E-state index contributed by atoms with van der Waals surface area (Å²) in [4.78, 5) is 19.1. The number of aromatic nitrogens is 1. The van der Waals surface area contributed by atoms with Crippen LogP contribution < -0.4 is 5.32 Å². The van der Waals surface area contributed by atoms with Gasteiger partial charge in [-0.1, -0.05) is 19.8 Å². The molecule has 2 N–H and O–H groups in total. The molecule has 23 heavy (non-hydrogen) atoms. The monoisotopic (exact) mass is 337 g/mol. The number of carbonyl (C=O) groups excluding carboxylic acids is 1. The number of aliphatic hydroxyl groups excluding tert-OH is 1. The van der Waals surface area contributed by atoms with E-state index in [-0.39, 0.29) is 30.1 Å². The second-order valence-corrected chi connectivity index (χ2v) is 7.63. The molecule has 0 unspecified atom stereocenters. The van der Waals surface area contributed by atoms with E-state index < -0.39 is 0 Å². The number of likely N-dealkylation sites (tertiary alicyclic amines) is 1. The molecule has 1 aliphatic carbocycles. The Bertz CT molecular complexity index is 508. The van der Waals surface area contributed by atoms with E-state index in [9.17, 15) is 9.90 Å². The van der Waals surface area contributed by atoms with Gasteiger partial charge in [0.25, 0.3) is 0 Å². The summed E-state index contributed by atoms with van der Waals surface area (Å²) in [5.74, 6) is 0.247. The molecule has 1 aromatic heterocycles. The predicted molar refractivity (Wildman–Crippen MR) is 91.4 cm³/mol. The summed E-state index contributed by atoms with van der Waals surface area (Å²) < 4.78 is 0. The molecular formula is C17H27N3O2S. The number of nitrogens with one attached hydrogen (secondary N) is 1. The maximum absolute atomic E-state index is 12.8. The molecule has 1 saturated carbocycles. The average Bonchev–Trinajstić information content (AvgIpc) is 3.24. The summed E-state index contributed by atoms with van der Waals surface area (Å²) in [6.45, 7) is 2.87. The number of carbonyl (C=O) groups is 1. The van der Waals surface area contributed by atoms with E-state index in [0.29, 0.717) is 0 Å². The minimum Gasteiger partial charge on any atom is -0.393 e. The highest BCUT2D eigenvalue weighted by Crippen LogP contribution is 2.35. The lowest BCUT2D eigenvalue weighted by Crippen LogP contribution is -2.49. The molecule has 2 aliphatic rings. The van der Waals surface area contributed by atoms with E-state index in [2.05, 4.69) is 17.2 Å². The van der Waals surface area contributed by atoms with E-state index in [4.69, 9.17) is 0 Å². The second-order valence-electron chi connectivity index (χ2n) is 6.70. The number of nitrogens with zero attached hydrogens (tertiary/aromatic N) is 2. The number of hydrogen-bond donors (Lipinski definition) is 2. The minimum atomic E-state index is -0.247. The van der Waals surface area contributed by atoms with E-state index in [1.165, 1.54) is 6.42 Å². The number of urea groups is 1. The van der Waals surface area contributed by atoms with Gasteiger partial charge in [0.05, 0.1) is 12.1 Å². The molecule has 0 spiro atoms. The van der Waals surface area contributed by atoms with Gasteiger partial charge in [0, 0.05) is 30.1 Å². The molecule has 1 aliphatic heterocycles. The van der Waals surface area contributed by atoms with Crippen molar-refractivity contribution in [3.8, 4) is 0 Å².